The first-order chi connectivity index (χ1) is 11.5. The molecule has 1 fully saturated rings. The second kappa shape index (κ2) is 6.59. The minimum atomic E-state index is -0.935. The Morgan fingerprint density at radius 2 is 2.17 bits per heavy atom. The summed E-state index contributed by atoms with van der Waals surface area (Å²) in [5, 5.41) is 11.4. The number of fused-ring (bicyclic) bond motifs is 1. The molecule has 0 unspecified atom stereocenters. The van der Waals surface area contributed by atoms with Crippen LogP contribution in [0.3, 0.4) is 0 Å². The summed E-state index contributed by atoms with van der Waals surface area (Å²) in [6.07, 6.45) is 4.32. The zero-order valence-electron chi connectivity index (χ0n) is 13.4. The van der Waals surface area contributed by atoms with Gasteiger partial charge in [0.05, 0.1) is 22.6 Å². The summed E-state index contributed by atoms with van der Waals surface area (Å²) in [7, 11) is 0. The average Bonchev–Trinajstić information content (AvgIpc) is 2.48. The fourth-order valence-corrected chi connectivity index (χ4v) is 3.03. The highest BCUT2D eigenvalue weighted by Gasteiger charge is 2.27. The van der Waals surface area contributed by atoms with Gasteiger partial charge in [-0.15, -0.1) is 0 Å². The molecule has 1 aromatic heterocycles. The second-order valence-electron chi connectivity index (χ2n) is 6.20. The van der Waals surface area contributed by atoms with Crippen LogP contribution in [0.5, 0.6) is 5.75 Å². The standard InChI is InChI=1S/C17H19FN2O4/c1-2-4-11-16(24-9-10-5-3-6-10)14-13(19-17(11)21)8-7-12(18)15(14)20(22)23/h7-8,10H,2-6,9H2,1H3,(H,19,21). The van der Waals surface area contributed by atoms with Crippen LogP contribution in [0.25, 0.3) is 10.9 Å². The lowest BCUT2D eigenvalue weighted by atomic mass is 9.86. The first-order valence-corrected chi connectivity index (χ1v) is 8.17. The van der Waals surface area contributed by atoms with Gasteiger partial charge in [0.1, 0.15) is 11.1 Å². The molecule has 0 bridgehead atoms. The second-order valence-corrected chi connectivity index (χ2v) is 6.20. The van der Waals surface area contributed by atoms with E-state index in [4.69, 9.17) is 4.74 Å². The molecule has 1 N–H and O–H groups in total. The van der Waals surface area contributed by atoms with Crippen LogP contribution in [0.15, 0.2) is 16.9 Å². The summed E-state index contributed by atoms with van der Waals surface area (Å²) in [5.41, 5.74) is -0.423. The van der Waals surface area contributed by atoms with Crippen molar-refractivity contribution in [1.29, 1.82) is 0 Å². The average molecular weight is 334 g/mol. The van der Waals surface area contributed by atoms with E-state index < -0.39 is 16.4 Å². The fraction of sp³-hybridized carbons (Fsp3) is 0.471. The van der Waals surface area contributed by atoms with Crippen LogP contribution in [0.1, 0.15) is 38.2 Å². The Bertz CT molecular complexity index is 843. The molecule has 1 heterocycles. The normalized spacial score (nSPS) is 14.6. The van der Waals surface area contributed by atoms with Crippen molar-refractivity contribution in [1.82, 2.24) is 4.98 Å². The zero-order chi connectivity index (χ0) is 17.3. The van der Waals surface area contributed by atoms with E-state index in [0.29, 0.717) is 30.9 Å². The van der Waals surface area contributed by atoms with Gasteiger partial charge in [-0.1, -0.05) is 19.8 Å². The molecule has 0 saturated heterocycles. The molecule has 128 valence electrons. The first-order valence-electron chi connectivity index (χ1n) is 8.17. The molecule has 24 heavy (non-hydrogen) atoms. The van der Waals surface area contributed by atoms with Crippen LogP contribution in [0.2, 0.25) is 0 Å². The third-order valence-corrected chi connectivity index (χ3v) is 4.52. The molecule has 1 saturated carbocycles. The Hall–Kier alpha value is -2.44. The Kier molecular flexibility index (Phi) is 4.51. The molecule has 2 aromatic rings. The first kappa shape index (κ1) is 16.4. The van der Waals surface area contributed by atoms with Gasteiger partial charge in [-0.2, -0.15) is 4.39 Å². The van der Waals surface area contributed by atoms with Crippen molar-refractivity contribution in [2.24, 2.45) is 5.92 Å². The van der Waals surface area contributed by atoms with E-state index in [0.717, 1.165) is 25.3 Å². The van der Waals surface area contributed by atoms with E-state index in [2.05, 4.69) is 4.98 Å². The highest BCUT2D eigenvalue weighted by molar-refractivity contribution is 5.94. The Labute approximate surface area is 137 Å². The lowest BCUT2D eigenvalue weighted by Crippen LogP contribution is -2.22. The topological polar surface area (TPSA) is 85.2 Å². The molecule has 1 aliphatic carbocycles. The molecular formula is C17H19FN2O4. The summed E-state index contributed by atoms with van der Waals surface area (Å²) in [6.45, 7) is 2.29. The molecular weight excluding hydrogens is 315 g/mol. The maximum atomic E-state index is 14.1. The number of halogens is 1. The van der Waals surface area contributed by atoms with Crippen molar-refractivity contribution in [3.63, 3.8) is 0 Å². The number of nitro benzene ring substituents is 1. The fourth-order valence-electron chi connectivity index (χ4n) is 3.03. The SMILES string of the molecule is CCCc1c(OCC2CCC2)c2c([N+](=O)[O-])c(F)ccc2[nH]c1=O. The summed E-state index contributed by atoms with van der Waals surface area (Å²) in [4.78, 5) is 25.6. The van der Waals surface area contributed by atoms with E-state index in [1.807, 2.05) is 6.92 Å². The van der Waals surface area contributed by atoms with Crippen LogP contribution < -0.4 is 10.3 Å². The number of pyridine rings is 1. The van der Waals surface area contributed by atoms with Crippen molar-refractivity contribution in [2.75, 3.05) is 6.61 Å². The number of hydrogen-bond donors (Lipinski definition) is 1. The Morgan fingerprint density at radius 3 is 2.75 bits per heavy atom. The van der Waals surface area contributed by atoms with Crippen molar-refractivity contribution in [3.8, 4) is 5.75 Å². The number of nitro groups is 1. The van der Waals surface area contributed by atoms with E-state index in [1.165, 1.54) is 6.07 Å². The number of ether oxygens (including phenoxy) is 1. The Morgan fingerprint density at radius 1 is 1.42 bits per heavy atom. The summed E-state index contributed by atoms with van der Waals surface area (Å²) in [5.74, 6) is -0.384. The summed E-state index contributed by atoms with van der Waals surface area (Å²) < 4.78 is 19.9. The van der Waals surface area contributed by atoms with Crippen molar-refractivity contribution in [3.05, 3.63) is 44.0 Å². The van der Waals surface area contributed by atoms with Gasteiger partial charge in [-0.05, 0) is 37.3 Å². The number of aromatic nitrogens is 1. The minimum Gasteiger partial charge on any atom is -0.492 e. The minimum absolute atomic E-state index is 0.0439. The van der Waals surface area contributed by atoms with E-state index in [9.17, 15) is 19.3 Å². The van der Waals surface area contributed by atoms with Gasteiger partial charge in [-0.25, -0.2) is 0 Å². The quantitative estimate of drug-likeness (QED) is 0.644. The molecule has 0 aliphatic heterocycles. The largest absolute Gasteiger partial charge is 0.492 e. The number of rotatable bonds is 6. The van der Waals surface area contributed by atoms with Crippen LogP contribution in [0.4, 0.5) is 10.1 Å². The monoisotopic (exact) mass is 334 g/mol. The zero-order valence-corrected chi connectivity index (χ0v) is 13.4. The molecule has 0 radical (unpaired) electrons. The van der Waals surface area contributed by atoms with Gasteiger partial charge < -0.3 is 9.72 Å². The predicted octanol–water partition coefficient (Wildman–Crippen LogP) is 3.71. The number of H-pyrrole nitrogens is 1. The van der Waals surface area contributed by atoms with Crippen molar-refractivity contribution in [2.45, 2.75) is 39.0 Å². The molecule has 0 amide bonds. The van der Waals surface area contributed by atoms with Gasteiger partial charge in [0.2, 0.25) is 5.82 Å². The van der Waals surface area contributed by atoms with Gasteiger partial charge >= 0.3 is 5.69 Å². The van der Waals surface area contributed by atoms with E-state index in [-0.39, 0.29) is 22.2 Å². The maximum Gasteiger partial charge on any atom is 0.317 e. The molecule has 1 aliphatic rings. The molecule has 6 nitrogen and oxygen atoms in total. The maximum absolute atomic E-state index is 14.1. The van der Waals surface area contributed by atoms with Gasteiger partial charge in [0, 0.05) is 0 Å². The lowest BCUT2D eigenvalue weighted by molar-refractivity contribution is -0.385. The van der Waals surface area contributed by atoms with E-state index >= 15 is 0 Å². The van der Waals surface area contributed by atoms with Gasteiger partial charge in [0.25, 0.3) is 5.56 Å². The predicted molar refractivity (Wildman–Crippen MR) is 88.0 cm³/mol. The van der Waals surface area contributed by atoms with Gasteiger partial charge in [-0.3, -0.25) is 14.9 Å². The molecule has 1 aromatic carbocycles. The number of nitrogens with zero attached hydrogens (tertiary/aromatic N) is 1. The summed E-state index contributed by atoms with van der Waals surface area (Å²) >= 11 is 0. The number of aromatic amines is 1. The highest BCUT2D eigenvalue weighted by atomic mass is 19.1. The number of nitrogens with one attached hydrogen (secondary N) is 1. The molecule has 7 heteroatoms. The van der Waals surface area contributed by atoms with E-state index in [1.54, 1.807) is 0 Å². The number of hydrogen-bond acceptors (Lipinski definition) is 4. The number of benzene rings is 1. The highest BCUT2D eigenvalue weighted by Crippen LogP contribution is 2.37. The lowest BCUT2D eigenvalue weighted by Gasteiger charge is -2.26. The van der Waals surface area contributed by atoms with Crippen LogP contribution >= 0.6 is 0 Å². The van der Waals surface area contributed by atoms with Gasteiger partial charge in [0.15, 0.2) is 0 Å². The van der Waals surface area contributed by atoms with Crippen LogP contribution in [-0.4, -0.2) is 16.5 Å². The smallest absolute Gasteiger partial charge is 0.317 e. The summed E-state index contributed by atoms with van der Waals surface area (Å²) in [6, 6.07) is 2.33. The van der Waals surface area contributed by atoms with Crippen LogP contribution in [0, 0.1) is 21.8 Å². The third kappa shape index (κ3) is 2.86. The molecule has 3 rings (SSSR count). The molecule has 0 spiro atoms. The third-order valence-electron chi connectivity index (χ3n) is 4.52. The molecule has 0 atom stereocenters. The van der Waals surface area contributed by atoms with Crippen molar-refractivity contribution < 1.29 is 14.1 Å². The Balaban J connectivity index is 2.23. The van der Waals surface area contributed by atoms with Crippen LogP contribution in [-0.2, 0) is 6.42 Å². The van der Waals surface area contributed by atoms with Crippen molar-refractivity contribution >= 4 is 16.6 Å².